The molecule has 2 aliphatic rings. The Bertz CT molecular complexity index is 718. The van der Waals surface area contributed by atoms with Gasteiger partial charge in [-0.2, -0.15) is 0 Å². The molecule has 118 valence electrons. The lowest BCUT2D eigenvalue weighted by atomic mass is 9.94. The highest BCUT2D eigenvalue weighted by molar-refractivity contribution is 5.75. The molecule has 2 fully saturated rings. The number of aromatic nitrogens is 2. The molecule has 1 aromatic heterocycles. The number of aromatic amines is 1. The zero-order valence-corrected chi connectivity index (χ0v) is 13.1. The minimum Gasteiger partial charge on any atom is -0.315 e. The zero-order chi connectivity index (χ0) is 15.2. The third kappa shape index (κ3) is 2.20. The number of hydrogen-bond acceptors (Lipinski definition) is 3. The number of likely N-dealkylation sites (tertiary alicyclic amines) is 1. The van der Waals surface area contributed by atoms with Crippen LogP contribution in [0, 0.1) is 0 Å². The van der Waals surface area contributed by atoms with Gasteiger partial charge in [-0.15, -0.1) is 0 Å². The fourth-order valence-corrected chi connectivity index (χ4v) is 4.17. The van der Waals surface area contributed by atoms with Gasteiger partial charge in [-0.3, -0.25) is 9.47 Å². The van der Waals surface area contributed by atoms with E-state index in [2.05, 4.69) is 22.1 Å². The molecule has 5 heteroatoms. The lowest BCUT2D eigenvalue weighted by Crippen LogP contribution is -2.51. The maximum Gasteiger partial charge on any atom is 0.326 e. The lowest BCUT2D eigenvalue weighted by molar-refractivity contribution is 0.0778. The van der Waals surface area contributed by atoms with Crippen LogP contribution in [0.4, 0.5) is 0 Å². The first kappa shape index (κ1) is 14.0. The van der Waals surface area contributed by atoms with Crippen LogP contribution in [-0.4, -0.2) is 46.2 Å². The number of piperidine rings is 1. The first-order valence-corrected chi connectivity index (χ1v) is 8.32. The maximum absolute atomic E-state index is 12.3. The molecule has 2 aromatic rings. The predicted octanol–water partition coefficient (Wildman–Crippen LogP) is 1.72. The second kappa shape index (κ2) is 5.25. The number of H-pyrrole nitrogens is 1. The molecule has 0 aliphatic carbocycles. The van der Waals surface area contributed by atoms with Crippen LogP contribution in [0.15, 0.2) is 29.1 Å². The van der Waals surface area contributed by atoms with Crippen LogP contribution in [0.5, 0.6) is 0 Å². The molecule has 5 nitrogen and oxygen atoms in total. The third-order valence-corrected chi connectivity index (χ3v) is 5.56. The number of fused-ring (bicyclic) bond motifs is 1. The van der Waals surface area contributed by atoms with Crippen LogP contribution in [0.2, 0.25) is 0 Å². The summed E-state index contributed by atoms with van der Waals surface area (Å²) in [5.41, 5.74) is 2.32. The minimum atomic E-state index is 0.0356. The van der Waals surface area contributed by atoms with Crippen molar-refractivity contribution in [2.75, 3.05) is 26.2 Å². The third-order valence-electron chi connectivity index (χ3n) is 5.56. The topological polar surface area (TPSA) is 53.1 Å². The number of nitrogens with one attached hydrogen (secondary N) is 2. The molecule has 2 saturated heterocycles. The van der Waals surface area contributed by atoms with Crippen molar-refractivity contribution >= 4 is 11.0 Å². The fraction of sp³-hybridized carbons (Fsp3) is 0.588. The summed E-state index contributed by atoms with van der Waals surface area (Å²) in [5, 5.41) is 3.48. The molecular weight excluding hydrogens is 276 g/mol. The smallest absolute Gasteiger partial charge is 0.315 e. The molecule has 1 unspecified atom stereocenters. The van der Waals surface area contributed by atoms with Crippen molar-refractivity contribution in [3.8, 4) is 0 Å². The van der Waals surface area contributed by atoms with E-state index in [1.807, 2.05) is 28.8 Å². The van der Waals surface area contributed by atoms with E-state index < -0.39 is 0 Å². The Balaban J connectivity index is 1.56. The normalized spacial score (nSPS) is 27.7. The molecule has 22 heavy (non-hydrogen) atoms. The van der Waals surface area contributed by atoms with Crippen molar-refractivity contribution in [2.45, 2.75) is 37.8 Å². The largest absolute Gasteiger partial charge is 0.326 e. The summed E-state index contributed by atoms with van der Waals surface area (Å²) in [6.07, 6.45) is 3.33. The summed E-state index contributed by atoms with van der Waals surface area (Å²) in [6, 6.07) is 8.32. The number of para-hydroxylation sites is 2. The number of rotatable bonds is 2. The molecular formula is C17H24N4O. The first-order chi connectivity index (χ1) is 10.7. The molecule has 2 N–H and O–H groups in total. The van der Waals surface area contributed by atoms with Gasteiger partial charge in [0.1, 0.15) is 0 Å². The zero-order valence-electron chi connectivity index (χ0n) is 13.1. The van der Waals surface area contributed by atoms with Crippen LogP contribution in [0.3, 0.4) is 0 Å². The Hall–Kier alpha value is -1.59. The fourth-order valence-electron chi connectivity index (χ4n) is 4.17. The van der Waals surface area contributed by atoms with E-state index in [9.17, 15) is 4.79 Å². The van der Waals surface area contributed by atoms with Crippen molar-refractivity contribution in [1.82, 2.24) is 19.8 Å². The van der Waals surface area contributed by atoms with Crippen LogP contribution in [0.25, 0.3) is 11.0 Å². The molecule has 0 amide bonds. The minimum absolute atomic E-state index is 0.0356. The van der Waals surface area contributed by atoms with E-state index in [4.69, 9.17) is 0 Å². The van der Waals surface area contributed by atoms with Crippen LogP contribution in [0.1, 0.15) is 32.2 Å². The standard InChI is InChI=1S/C17H24N4O/c1-17(8-9-18-12-17)20-10-6-13(7-11-20)21-15-5-3-2-4-14(15)19-16(21)22/h2-5,13,18H,6-12H2,1H3,(H,19,22). The van der Waals surface area contributed by atoms with E-state index in [0.29, 0.717) is 11.6 Å². The maximum atomic E-state index is 12.3. The van der Waals surface area contributed by atoms with Gasteiger partial charge in [0.2, 0.25) is 0 Å². The average molecular weight is 300 g/mol. The van der Waals surface area contributed by atoms with Crippen molar-refractivity contribution in [2.24, 2.45) is 0 Å². The molecule has 1 atom stereocenters. The van der Waals surface area contributed by atoms with Crippen molar-refractivity contribution in [3.63, 3.8) is 0 Å². The highest BCUT2D eigenvalue weighted by atomic mass is 16.1. The number of hydrogen-bond donors (Lipinski definition) is 2. The molecule has 0 spiro atoms. The predicted molar refractivity (Wildman–Crippen MR) is 88.3 cm³/mol. The SMILES string of the molecule is CC1(N2CCC(n3c(=O)[nH]c4ccccc43)CC2)CCNC1. The molecule has 1 aromatic carbocycles. The van der Waals surface area contributed by atoms with E-state index >= 15 is 0 Å². The van der Waals surface area contributed by atoms with Gasteiger partial charge in [0.05, 0.1) is 11.0 Å². The lowest BCUT2D eigenvalue weighted by Gasteiger charge is -2.42. The van der Waals surface area contributed by atoms with Gasteiger partial charge in [0.15, 0.2) is 0 Å². The quantitative estimate of drug-likeness (QED) is 0.888. The highest BCUT2D eigenvalue weighted by Gasteiger charge is 2.37. The van der Waals surface area contributed by atoms with Crippen LogP contribution in [-0.2, 0) is 0 Å². The first-order valence-electron chi connectivity index (χ1n) is 8.32. The van der Waals surface area contributed by atoms with Gasteiger partial charge in [-0.25, -0.2) is 4.79 Å². The van der Waals surface area contributed by atoms with Crippen molar-refractivity contribution in [1.29, 1.82) is 0 Å². The van der Waals surface area contributed by atoms with E-state index in [1.54, 1.807) is 0 Å². The summed E-state index contributed by atoms with van der Waals surface area (Å²) in [4.78, 5) is 17.9. The van der Waals surface area contributed by atoms with Crippen LogP contribution < -0.4 is 11.0 Å². The molecule has 0 saturated carbocycles. The number of imidazole rings is 1. The van der Waals surface area contributed by atoms with E-state index in [0.717, 1.165) is 50.1 Å². The Morgan fingerprint density at radius 3 is 2.73 bits per heavy atom. The molecule has 2 aliphatic heterocycles. The van der Waals surface area contributed by atoms with Gasteiger partial charge in [-0.1, -0.05) is 12.1 Å². The van der Waals surface area contributed by atoms with Gasteiger partial charge in [-0.05, 0) is 44.9 Å². The summed E-state index contributed by atoms with van der Waals surface area (Å²) in [5.74, 6) is 0. The summed E-state index contributed by atoms with van der Waals surface area (Å²) in [6.45, 7) is 6.73. The summed E-state index contributed by atoms with van der Waals surface area (Å²) in [7, 11) is 0. The summed E-state index contributed by atoms with van der Waals surface area (Å²) < 4.78 is 1.97. The van der Waals surface area contributed by atoms with Crippen molar-refractivity contribution < 1.29 is 0 Å². The average Bonchev–Trinajstić information content (AvgIpc) is 3.11. The van der Waals surface area contributed by atoms with E-state index in [1.165, 1.54) is 6.42 Å². The molecule has 0 bridgehead atoms. The number of nitrogens with zero attached hydrogens (tertiary/aromatic N) is 2. The van der Waals surface area contributed by atoms with Crippen LogP contribution >= 0.6 is 0 Å². The number of benzene rings is 1. The molecule has 4 rings (SSSR count). The Labute approximate surface area is 130 Å². The molecule has 3 heterocycles. The van der Waals surface area contributed by atoms with Gasteiger partial charge in [0.25, 0.3) is 0 Å². The van der Waals surface area contributed by atoms with Gasteiger partial charge < -0.3 is 10.3 Å². The monoisotopic (exact) mass is 300 g/mol. The van der Waals surface area contributed by atoms with Gasteiger partial charge in [0, 0.05) is 31.2 Å². The second-order valence-corrected chi connectivity index (χ2v) is 6.96. The summed E-state index contributed by atoms with van der Waals surface area (Å²) >= 11 is 0. The van der Waals surface area contributed by atoms with Gasteiger partial charge >= 0.3 is 5.69 Å². The van der Waals surface area contributed by atoms with Crippen molar-refractivity contribution in [3.05, 3.63) is 34.7 Å². The van der Waals surface area contributed by atoms with E-state index in [-0.39, 0.29) is 5.69 Å². The Morgan fingerprint density at radius 1 is 1.23 bits per heavy atom. The molecule has 0 radical (unpaired) electrons. The Kier molecular flexibility index (Phi) is 3.35. The second-order valence-electron chi connectivity index (χ2n) is 6.96. The Morgan fingerprint density at radius 2 is 2.00 bits per heavy atom. The highest BCUT2D eigenvalue weighted by Crippen LogP contribution is 2.31.